The summed E-state index contributed by atoms with van der Waals surface area (Å²) in [5.74, 6) is 1.60. The van der Waals surface area contributed by atoms with Crippen LogP contribution in [0.2, 0.25) is 0 Å². The van der Waals surface area contributed by atoms with Gasteiger partial charge in [0, 0.05) is 24.7 Å². The summed E-state index contributed by atoms with van der Waals surface area (Å²) in [6.07, 6.45) is 9.75. The van der Waals surface area contributed by atoms with Crippen molar-refractivity contribution in [2.24, 2.45) is 5.41 Å². The monoisotopic (exact) mass is 404 g/mol. The highest BCUT2D eigenvalue weighted by molar-refractivity contribution is 5.60. The van der Waals surface area contributed by atoms with Crippen molar-refractivity contribution < 1.29 is 0 Å². The Morgan fingerprint density at radius 3 is 2.03 bits per heavy atom. The van der Waals surface area contributed by atoms with Gasteiger partial charge in [-0.1, -0.05) is 44.5 Å². The minimum absolute atomic E-state index is 0.556. The van der Waals surface area contributed by atoms with Crippen LogP contribution >= 0.6 is 0 Å². The van der Waals surface area contributed by atoms with Crippen LogP contribution < -0.4 is 4.90 Å². The van der Waals surface area contributed by atoms with Crippen LogP contribution in [0.5, 0.6) is 0 Å². The van der Waals surface area contributed by atoms with Gasteiger partial charge in [-0.05, 0) is 80.6 Å². The summed E-state index contributed by atoms with van der Waals surface area (Å²) in [6, 6.07) is 14.0. The molecule has 0 radical (unpaired) electrons. The third-order valence-electron chi connectivity index (χ3n) is 8.12. The lowest BCUT2D eigenvalue weighted by atomic mass is 9.70. The first kappa shape index (κ1) is 20.0. The van der Waals surface area contributed by atoms with Crippen LogP contribution in [0.4, 0.5) is 5.82 Å². The Kier molecular flexibility index (Phi) is 5.53. The molecule has 0 unspecified atom stereocenters. The molecule has 2 saturated heterocycles. The maximum atomic E-state index is 4.59. The smallest absolute Gasteiger partial charge is 0.151 e. The maximum absolute atomic E-state index is 4.59. The Balaban J connectivity index is 1.17. The van der Waals surface area contributed by atoms with Crippen molar-refractivity contribution >= 4 is 5.82 Å². The molecule has 3 heterocycles. The van der Waals surface area contributed by atoms with E-state index in [0.29, 0.717) is 11.3 Å². The van der Waals surface area contributed by atoms with Gasteiger partial charge < -0.3 is 9.80 Å². The fourth-order valence-corrected chi connectivity index (χ4v) is 5.51. The average molecular weight is 405 g/mol. The predicted octanol–water partition coefficient (Wildman–Crippen LogP) is 5.50. The summed E-state index contributed by atoms with van der Waals surface area (Å²) in [6.45, 7) is 9.36. The Hall–Kier alpha value is -1.94. The first-order valence-corrected chi connectivity index (χ1v) is 12.1. The molecule has 1 aromatic heterocycles. The highest BCUT2D eigenvalue weighted by Crippen LogP contribution is 2.43. The van der Waals surface area contributed by atoms with E-state index in [9.17, 15) is 0 Å². The number of aromatic nitrogens is 2. The molecular weight excluding hydrogens is 368 g/mol. The van der Waals surface area contributed by atoms with Crippen LogP contribution in [0.1, 0.15) is 70.3 Å². The fraction of sp³-hybridized carbons (Fsp3) is 0.615. The molecule has 0 atom stereocenters. The molecule has 160 valence electrons. The summed E-state index contributed by atoms with van der Waals surface area (Å²) in [7, 11) is 0. The molecule has 0 bridgehead atoms. The Bertz CT molecular complexity index is 820. The Morgan fingerprint density at radius 1 is 0.833 bits per heavy atom. The van der Waals surface area contributed by atoms with Crippen molar-refractivity contribution in [3.8, 4) is 11.3 Å². The van der Waals surface area contributed by atoms with Crippen LogP contribution in [-0.2, 0) is 0 Å². The van der Waals surface area contributed by atoms with E-state index in [2.05, 4.69) is 70.2 Å². The quantitative estimate of drug-likeness (QED) is 0.673. The Labute approximate surface area is 181 Å². The number of benzene rings is 1. The van der Waals surface area contributed by atoms with Gasteiger partial charge in [0.2, 0.25) is 0 Å². The third-order valence-corrected chi connectivity index (χ3v) is 8.12. The normalized spacial score (nSPS) is 22.4. The molecule has 0 N–H and O–H groups in total. The van der Waals surface area contributed by atoms with Crippen molar-refractivity contribution in [3.05, 3.63) is 42.0 Å². The van der Waals surface area contributed by atoms with Crippen LogP contribution in [0.25, 0.3) is 11.3 Å². The maximum Gasteiger partial charge on any atom is 0.151 e. The number of hydrogen-bond acceptors (Lipinski definition) is 4. The molecule has 30 heavy (non-hydrogen) atoms. The average Bonchev–Trinajstić information content (AvgIpc) is 2.75. The van der Waals surface area contributed by atoms with E-state index in [4.69, 9.17) is 0 Å². The van der Waals surface area contributed by atoms with E-state index in [1.165, 1.54) is 63.6 Å². The second-order valence-corrected chi connectivity index (χ2v) is 10.2. The van der Waals surface area contributed by atoms with E-state index in [1.54, 1.807) is 0 Å². The summed E-state index contributed by atoms with van der Waals surface area (Å²) in [5.41, 5.74) is 4.06. The van der Waals surface area contributed by atoms with Crippen LogP contribution in [0, 0.1) is 5.41 Å². The molecule has 1 saturated carbocycles. The minimum Gasteiger partial charge on any atom is -0.355 e. The van der Waals surface area contributed by atoms with Gasteiger partial charge >= 0.3 is 0 Å². The van der Waals surface area contributed by atoms with Gasteiger partial charge in [0.1, 0.15) is 0 Å². The van der Waals surface area contributed by atoms with Gasteiger partial charge in [-0.15, -0.1) is 10.2 Å². The number of likely N-dealkylation sites (tertiary alicyclic amines) is 1. The largest absolute Gasteiger partial charge is 0.355 e. The van der Waals surface area contributed by atoms with Crippen molar-refractivity contribution in [1.29, 1.82) is 0 Å². The number of hydrogen-bond donors (Lipinski definition) is 0. The highest BCUT2D eigenvalue weighted by atomic mass is 15.3. The summed E-state index contributed by atoms with van der Waals surface area (Å²) >= 11 is 0. The lowest BCUT2D eigenvalue weighted by Gasteiger charge is -2.50. The number of nitrogens with zero attached hydrogens (tertiary/aromatic N) is 4. The lowest BCUT2D eigenvalue weighted by molar-refractivity contribution is 0.0305. The van der Waals surface area contributed by atoms with Gasteiger partial charge in [-0.25, -0.2) is 0 Å². The summed E-state index contributed by atoms with van der Waals surface area (Å²) < 4.78 is 0. The zero-order valence-electron chi connectivity index (χ0n) is 18.7. The van der Waals surface area contributed by atoms with E-state index in [0.717, 1.165) is 36.2 Å². The van der Waals surface area contributed by atoms with Crippen molar-refractivity contribution in [3.63, 3.8) is 0 Å². The predicted molar refractivity (Wildman–Crippen MR) is 124 cm³/mol. The molecule has 4 nitrogen and oxygen atoms in total. The number of rotatable bonds is 4. The zero-order chi connectivity index (χ0) is 20.6. The van der Waals surface area contributed by atoms with E-state index in [-0.39, 0.29) is 0 Å². The molecule has 0 amide bonds. The lowest BCUT2D eigenvalue weighted by Crippen LogP contribution is -2.51. The van der Waals surface area contributed by atoms with E-state index in [1.807, 2.05) is 0 Å². The standard InChI is InChI=1S/C26H36N4/c1-20(2)21-6-8-22(9-7-21)24-10-11-25(28-27-24)30-18-14-26(15-19-30)12-16-29(17-13-26)23-4-3-5-23/h6-11,20,23H,3-5,12-19H2,1-2H3. The van der Waals surface area contributed by atoms with Crippen molar-refractivity contribution in [2.75, 3.05) is 31.1 Å². The molecule has 3 aliphatic rings. The Morgan fingerprint density at radius 2 is 1.50 bits per heavy atom. The molecule has 3 fully saturated rings. The topological polar surface area (TPSA) is 32.3 Å². The van der Waals surface area contributed by atoms with Crippen LogP contribution in [-0.4, -0.2) is 47.3 Å². The molecule has 2 aliphatic heterocycles. The minimum atomic E-state index is 0.556. The van der Waals surface area contributed by atoms with Gasteiger partial charge in [-0.2, -0.15) is 0 Å². The molecular formula is C26H36N4. The second-order valence-electron chi connectivity index (χ2n) is 10.2. The molecule has 1 aliphatic carbocycles. The molecule has 4 heteroatoms. The molecule has 2 aromatic rings. The SMILES string of the molecule is CC(C)c1ccc(-c2ccc(N3CCC4(CC3)CCN(C3CCC3)CC4)nn2)cc1. The molecule has 5 rings (SSSR count). The van der Waals surface area contributed by atoms with Crippen molar-refractivity contribution in [2.45, 2.75) is 70.8 Å². The highest BCUT2D eigenvalue weighted by Gasteiger charge is 2.39. The first-order chi connectivity index (χ1) is 14.6. The van der Waals surface area contributed by atoms with Gasteiger partial charge in [-0.3, -0.25) is 0 Å². The summed E-state index contributed by atoms with van der Waals surface area (Å²) in [4.78, 5) is 5.22. The molecule has 1 aromatic carbocycles. The zero-order valence-corrected chi connectivity index (χ0v) is 18.7. The molecule has 1 spiro atoms. The third kappa shape index (κ3) is 3.99. The summed E-state index contributed by atoms with van der Waals surface area (Å²) in [5, 5.41) is 9.14. The van der Waals surface area contributed by atoms with E-state index < -0.39 is 0 Å². The van der Waals surface area contributed by atoms with E-state index >= 15 is 0 Å². The van der Waals surface area contributed by atoms with Gasteiger partial charge in [0.05, 0.1) is 5.69 Å². The van der Waals surface area contributed by atoms with Gasteiger partial charge in [0.25, 0.3) is 0 Å². The van der Waals surface area contributed by atoms with Crippen LogP contribution in [0.15, 0.2) is 36.4 Å². The fourth-order valence-electron chi connectivity index (χ4n) is 5.51. The number of piperidine rings is 2. The second kappa shape index (κ2) is 8.30. The van der Waals surface area contributed by atoms with Crippen molar-refractivity contribution in [1.82, 2.24) is 15.1 Å². The first-order valence-electron chi connectivity index (χ1n) is 12.1. The number of anilines is 1. The van der Waals surface area contributed by atoms with Gasteiger partial charge in [0.15, 0.2) is 5.82 Å². The van der Waals surface area contributed by atoms with Crippen LogP contribution in [0.3, 0.4) is 0 Å².